The zero-order valence-corrected chi connectivity index (χ0v) is 8.94. The molecular weight excluding hydrogens is 192 g/mol. The summed E-state index contributed by atoms with van der Waals surface area (Å²) in [5, 5.41) is 0. The number of nitrogens with two attached hydrogens (primary N) is 2. The molecule has 4 nitrogen and oxygen atoms in total. The molecule has 0 saturated carbocycles. The van der Waals surface area contributed by atoms with E-state index in [0.29, 0.717) is 0 Å². The van der Waals surface area contributed by atoms with Crippen molar-refractivity contribution in [3.63, 3.8) is 0 Å². The van der Waals surface area contributed by atoms with Crippen LogP contribution in [0, 0.1) is 5.92 Å². The van der Waals surface area contributed by atoms with Crippen molar-refractivity contribution in [1.29, 1.82) is 0 Å². The number of carbonyl (C=O) groups is 1. The van der Waals surface area contributed by atoms with E-state index in [2.05, 4.69) is 0 Å². The van der Waals surface area contributed by atoms with Gasteiger partial charge >= 0.3 is 6.09 Å². The van der Waals surface area contributed by atoms with Crippen molar-refractivity contribution in [2.45, 2.75) is 19.6 Å². The van der Waals surface area contributed by atoms with Crippen LogP contribution in [0.2, 0.25) is 0 Å². The summed E-state index contributed by atoms with van der Waals surface area (Å²) in [7, 11) is 0. The van der Waals surface area contributed by atoms with Gasteiger partial charge in [0, 0.05) is 11.5 Å². The molecular formula is C11H16N2O2. The summed E-state index contributed by atoms with van der Waals surface area (Å²) in [6, 6.07) is 9.16. The Balaban J connectivity index is 3.07. The zero-order valence-electron chi connectivity index (χ0n) is 8.94. The smallest absolute Gasteiger partial charge is 0.406 e. The van der Waals surface area contributed by atoms with Crippen LogP contribution >= 0.6 is 0 Å². The molecule has 0 aromatic heterocycles. The van der Waals surface area contributed by atoms with Gasteiger partial charge in [0.15, 0.2) is 5.72 Å². The van der Waals surface area contributed by atoms with Gasteiger partial charge < -0.3 is 10.5 Å². The molecule has 1 aromatic rings. The molecule has 1 amide bonds. The number of amides is 1. The van der Waals surface area contributed by atoms with E-state index in [1.807, 2.05) is 44.2 Å². The lowest BCUT2D eigenvalue weighted by Gasteiger charge is -2.32. The van der Waals surface area contributed by atoms with Crippen LogP contribution < -0.4 is 11.5 Å². The summed E-state index contributed by atoms with van der Waals surface area (Å²) < 4.78 is 5.00. The highest BCUT2D eigenvalue weighted by atomic mass is 16.6. The first kappa shape index (κ1) is 11.5. The first-order valence-corrected chi connectivity index (χ1v) is 4.79. The second-order valence-electron chi connectivity index (χ2n) is 3.73. The van der Waals surface area contributed by atoms with E-state index in [-0.39, 0.29) is 5.92 Å². The molecule has 0 radical (unpaired) electrons. The molecule has 0 fully saturated rings. The first-order chi connectivity index (χ1) is 6.97. The van der Waals surface area contributed by atoms with Crippen molar-refractivity contribution in [2.75, 3.05) is 0 Å². The van der Waals surface area contributed by atoms with E-state index >= 15 is 0 Å². The van der Waals surface area contributed by atoms with Gasteiger partial charge in [-0.2, -0.15) is 0 Å². The van der Waals surface area contributed by atoms with Crippen LogP contribution in [0.25, 0.3) is 0 Å². The van der Waals surface area contributed by atoms with Crippen LogP contribution in [0.4, 0.5) is 4.79 Å². The highest BCUT2D eigenvalue weighted by molar-refractivity contribution is 5.65. The second kappa shape index (κ2) is 4.31. The molecule has 1 unspecified atom stereocenters. The van der Waals surface area contributed by atoms with E-state index in [9.17, 15) is 4.79 Å². The van der Waals surface area contributed by atoms with Crippen molar-refractivity contribution in [3.8, 4) is 0 Å². The van der Waals surface area contributed by atoms with Crippen molar-refractivity contribution in [1.82, 2.24) is 0 Å². The summed E-state index contributed by atoms with van der Waals surface area (Å²) in [5.41, 5.74) is 10.6. The fraction of sp³-hybridized carbons (Fsp3) is 0.364. The van der Waals surface area contributed by atoms with E-state index in [1.165, 1.54) is 0 Å². The number of primary amides is 1. The minimum atomic E-state index is -1.16. The maximum Gasteiger partial charge on any atom is 0.406 e. The van der Waals surface area contributed by atoms with Crippen LogP contribution in [0.15, 0.2) is 30.3 Å². The van der Waals surface area contributed by atoms with Crippen molar-refractivity contribution < 1.29 is 9.53 Å². The van der Waals surface area contributed by atoms with Gasteiger partial charge in [-0.1, -0.05) is 44.2 Å². The third-order valence-electron chi connectivity index (χ3n) is 2.35. The Labute approximate surface area is 89.2 Å². The SMILES string of the molecule is CC(C)C(N)(OC(N)=O)c1ccccc1. The monoisotopic (exact) mass is 208 g/mol. The first-order valence-electron chi connectivity index (χ1n) is 4.79. The Morgan fingerprint density at radius 1 is 1.33 bits per heavy atom. The highest BCUT2D eigenvalue weighted by Crippen LogP contribution is 2.27. The van der Waals surface area contributed by atoms with Gasteiger partial charge in [-0.3, -0.25) is 5.73 Å². The molecule has 0 bridgehead atoms. The number of hydrogen-bond donors (Lipinski definition) is 2. The molecule has 4 heteroatoms. The third kappa shape index (κ3) is 2.47. The Morgan fingerprint density at radius 3 is 2.27 bits per heavy atom. The molecule has 0 spiro atoms. The lowest BCUT2D eigenvalue weighted by Crippen LogP contribution is -2.47. The number of carbonyl (C=O) groups excluding carboxylic acids is 1. The van der Waals surface area contributed by atoms with Gasteiger partial charge in [0.1, 0.15) is 0 Å². The molecule has 0 heterocycles. The Kier molecular flexibility index (Phi) is 3.31. The normalized spacial score (nSPS) is 14.7. The summed E-state index contributed by atoms with van der Waals surface area (Å²) in [6.07, 6.45) is -0.866. The Morgan fingerprint density at radius 2 is 1.87 bits per heavy atom. The molecule has 1 atom stereocenters. The molecule has 4 N–H and O–H groups in total. The van der Waals surface area contributed by atoms with Gasteiger partial charge in [-0.25, -0.2) is 4.79 Å². The number of benzene rings is 1. The van der Waals surface area contributed by atoms with E-state index < -0.39 is 11.8 Å². The fourth-order valence-electron chi connectivity index (χ4n) is 1.38. The lowest BCUT2D eigenvalue weighted by molar-refractivity contribution is -0.0197. The average Bonchev–Trinajstić information content (AvgIpc) is 2.17. The minimum absolute atomic E-state index is 0.0626. The Bertz CT molecular complexity index is 338. The summed E-state index contributed by atoms with van der Waals surface area (Å²) in [5.74, 6) is -0.0626. The summed E-state index contributed by atoms with van der Waals surface area (Å²) in [4.78, 5) is 10.8. The lowest BCUT2D eigenvalue weighted by atomic mass is 9.92. The summed E-state index contributed by atoms with van der Waals surface area (Å²) >= 11 is 0. The molecule has 0 saturated heterocycles. The molecule has 1 aromatic carbocycles. The minimum Gasteiger partial charge on any atom is -0.424 e. The van der Waals surface area contributed by atoms with Crippen LogP contribution in [0.3, 0.4) is 0 Å². The van der Waals surface area contributed by atoms with Crippen molar-refractivity contribution >= 4 is 6.09 Å². The molecule has 0 aliphatic heterocycles. The van der Waals surface area contributed by atoms with E-state index in [0.717, 1.165) is 5.56 Å². The maximum atomic E-state index is 10.8. The molecule has 82 valence electrons. The largest absolute Gasteiger partial charge is 0.424 e. The molecule has 1 rings (SSSR count). The van der Waals surface area contributed by atoms with Crippen molar-refractivity contribution in [3.05, 3.63) is 35.9 Å². The van der Waals surface area contributed by atoms with Gasteiger partial charge in [0.2, 0.25) is 0 Å². The second-order valence-corrected chi connectivity index (χ2v) is 3.73. The van der Waals surface area contributed by atoms with Gasteiger partial charge in [0.25, 0.3) is 0 Å². The standard InChI is InChI=1S/C11H16N2O2/c1-8(2)11(13,15-10(12)14)9-6-4-3-5-7-9/h3-8H,13H2,1-2H3,(H2,12,14). The van der Waals surface area contributed by atoms with Crippen molar-refractivity contribution in [2.24, 2.45) is 17.4 Å². The van der Waals surface area contributed by atoms with Gasteiger partial charge in [-0.05, 0) is 0 Å². The quantitative estimate of drug-likeness (QED) is 0.740. The van der Waals surface area contributed by atoms with Crippen LogP contribution in [0.1, 0.15) is 19.4 Å². The summed E-state index contributed by atoms with van der Waals surface area (Å²) in [6.45, 7) is 3.74. The maximum absolute atomic E-state index is 10.8. The van der Waals surface area contributed by atoms with Crippen LogP contribution in [-0.2, 0) is 10.5 Å². The van der Waals surface area contributed by atoms with Crippen LogP contribution in [-0.4, -0.2) is 6.09 Å². The molecule has 15 heavy (non-hydrogen) atoms. The predicted molar refractivity (Wildman–Crippen MR) is 57.8 cm³/mol. The topological polar surface area (TPSA) is 78.3 Å². The predicted octanol–water partition coefficient (Wildman–Crippen LogP) is 1.55. The van der Waals surface area contributed by atoms with Gasteiger partial charge in [0.05, 0.1) is 0 Å². The van der Waals surface area contributed by atoms with Gasteiger partial charge in [-0.15, -0.1) is 0 Å². The zero-order chi connectivity index (χ0) is 11.5. The van der Waals surface area contributed by atoms with Crippen LogP contribution in [0.5, 0.6) is 0 Å². The highest BCUT2D eigenvalue weighted by Gasteiger charge is 2.34. The average molecular weight is 208 g/mol. The Hall–Kier alpha value is -1.55. The van der Waals surface area contributed by atoms with E-state index in [1.54, 1.807) is 0 Å². The number of ether oxygens (including phenoxy) is 1. The number of hydrogen-bond acceptors (Lipinski definition) is 3. The fourth-order valence-corrected chi connectivity index (χ4v) is 1.38. The third-order valence-corrected chi connectivity index (χ3v) is 2.35. The number of rotatable bonds is 3. The molecule has 0 aliphatic carbocycles. The van der Waals surface area contributed by atoms with E-state index in [4.69, 9.17) is 16.2 Å². The molecule has 0 aliphatic rings.